The van der Waals surface area contributed by atoms with Gasteiger partial charge < -0.3 is 24.2 Å². The fourth-order valence-electron chi connectivity index (χ4n) is 4.11. The maximum Gasteiger partial charge on any atom is 0.295 e. The average molecular weight is 474 g/mol. The minimum atomic E-state index is -0.770. The number of carbonyl (C=O) groups excluding carboxylic acids is 2. The molecule has 1 aliphatic heterocycles. The Kier molecular flexibility index (Phi) is 7.48. The number of Topliss-reactive ketones (excluding diaryl/α,β-unsaturated/α-hetero) is 1. The van der Waals surface area contributed by atoms with Gasteiger partial charge in [0.1, 0.15) is 23.0 Å². The second kappa shape index (κ2) is 10.9. The van der Waals surface area contributed by atoms with Crippen molar-refractivity contribution in [1.82, 2.24) is 4.90 Å². The van der Waals surface area contributed by atoms with E-state index >= 15 is 0 Å². The number of ether oxygens (including phenoxy) is 3. The molecule has 3 aromatic rings. The van der Waals surface area contributed by atoms with Gasteiger partial charge in [-0.2, -0.15) is 0 Å². The largest absolute Gasteiger partial charge is 0.507 e. The van der Waals surface area contributed by atoms with Crippen molar-refractivity contribution in [3.8, 4) is 17.2 Å². The van der Waals surface area contributed by atoms with Crippen LogP contribution in [0.3, 0.4) is 0 Å². The van der Waals surface area contributed by atoms with Gasteiger partial charge >= 0.3 is 0 Å². The molecular weight excluding hydrogens is 446 g/mol. The van der Waals surface area contributed by atoms with Crippen LogP contribution >= 0.6 is 0 Å². The Morgan fingerprint density at radius 1 is 0.886 bits per heavy atom. The minimum Gasteiger partial charge on any atom is -0.507 e. The second-order valence-electron chi connectivity index (χ2n) is 8.05. The zero-order valence-electron chi connectivity index (χ0n) is 19.6. The van der Waals surface area contributed by atoms with Crippen LogP contribution in [0.15, 0.2) is 84.4 Å². The number of amides is 1. The summed E-state index contributed by atoms with van der Waals surface area (Å²) < 4.78 is 16.3. The number of carbonyl (C=O) groups is 2. The van der Waals surface area contributed by atoms with Gasteiger partial charge in [0.2, 0.25) is 0 Å². The molecule has 0 bridgehead atoms. The molecule has 0 saturated carbocycles. The van der Waals surface area contributed by atoms with E-state index < -0.39 is 17.7 Å². The summed E-state index contributed by atoms with van der Waals surface area (Å²) in [5, 5.41) is 11.2. The van der Waals surface area contributed by atoms with Gasteiger partial charge in [-0.25, -0.2) is 0 Å². The van der Waals surface area contributed by atoms with E-state index in [1.54, 1.807) is 56.7 Å². The van der Waals surface area contributed by atoms with E-state index in [-0.39, 0.29) is 11.3 Å². The fourth-order valence-corrected chi connectivity index (χ4v) is 4.11. The summed E-state index contributed by atoms with van der Waals surface area (Å²) in [5.41, 5.74) is 1.11. The van der Waals surface area contributed by atoms with Crippen LogP contribution in [-0.4, -0.2) is 49.1 Å². The quantitative estimate of drug-likeness (QED) is 0.205. The summed E-state index contributed by atoms with van der Waals surface area (Å²) in [5.74, 6) is 0.215. The predicted octanol–water partition coefficient (Wildman–Crippen LogP) is 4.95. The van der Waals surface area contributed by atoms with Crippen molar-refractivity contribution in [3.05, 3.63) is 95.6 Å². The van der Waals surface area contributed by atoms with Crippen LogP contribution in [0.5, 0.6) is 17.2 Å². The molecule has 1 atom stereocenters. The van der Waals surface area contributed by atoms with Crippen molar-refractivity contribution in [2.24, 2.45) is 0 Å². The number of aliphatic hydroxyl groups excluding tert-OH is 1. The van der Waals surface area contributed by atoms with Gasteiger partial charge in [-0.1, -0.05) is 30.3 Å². The van der Waals surface area contributed by atoms with Crippen LogP contribution < -0.4 is 9.47 Å². The molecule has 0 unspecified atom stereocenters. The first-order valence-corrected chi connectivity index (χ1v) is 11.3. The molecule has 180 valence electrons. The van der Waals surface area contributed by atoms with Gasteiger partial charge in [0.25, 0.3) is 11.7 Å². The number of likely N-dealkylation sites (tertiary alicyclic amines) is 1. The van der Waals surface area contributed by atoms with Crippen LogP contribution in [0.1, 0.15) is 23.6 Å². The summed E-state index contributed by atoms with van der Waals surface area (Å²) in [7, 11) is 3.13. The van der Waals surface area contributed by atoms with E-state index in [0.717, 1.165) is 0 Å². The third-order valence-electron chi connectivity index (χ3n) is 5.80. The van der Waals surface area contributed by atoms with E-state index in [2.05, 4.69) is 0 Å². The lowest BCUT2D eigenvalue weighted by Crippen LogP contribution is -2.31. The number of para-hydroxylation sites is 1. The van der Waals surface area contributed by atoms with Gasteiger partial charge in [-0.15, -0.1) is 0 Å². The zero-order valence-corrected chi connectivity index (χ0v) is 19.6. The van der Waals surface area contributed by atoms with Crippen LogP contribution in [0.4, 0.5) is 0 Å². The lowest BCUT2D eigenvalue weighted by molar-refractivity contribution is -0.140. The standard InChI is InChI=1S/C28H27NO6/c1-33-17-7-16-29-25(20-8-6-11-23(18-20)35-22-9-4-3-5-10-22)24(27(31)28(29)32)26(30)19-12-14-21(34-2)15-13-19/h3-6,8-15,18,25,30H,7,16-17H2,1-2H3/t25-/m0/s1. The maximum absolute atomic E-state index is 13.1. The fraction of sp³-hybridized carbons (Fsp3) is 0.214. The van der Waals surface area contributed by atoms with E-state index in [0.29, 0.717) is 47.9 Å². The minimum absolute atomic E-state index is 0.0365. The van der Waals surface area contributed by atoms with Crippen LogP contribution in [0, 0.1) is 0 Å². The average Bonchev–Trinajstić information content (AvgIpc) is 3.14. The van der Waals surface area contributed by atoms with Gasteiger partial charge in [-0.3, -0.25) is 9.59 Å². The first kappa shape index (κ1) is 24.0. The Morgan fingerprint density at radius 2 is 1.60 bits per heavy atom. The third kappa shape index (κ3) is 5.20. The van der Waals surface area contributed by atoms with Crippen molar-refractivity contribution in [1.29, 1.82) is 0 Å². The number of hydrogen-bond acceptors (Lipinski definition) is 6. The highest BCUT2D eigenvalue weighted by Crippen LogP contribution is 2.40. The first-order chi connectivity index (χ1) is 17.0. The first-order valence-electron chi connectivity index (χ1n) is 11.3. The van der Waals surface area contributed by atoms with Gasteiger partial charge in [0, 0.05) is 25.8 Å². The highest BCUT2D eigenvalue weighted by Gasteiger charge is 2.45. The number of aliphatic hydroxyl groups is 1. The van der Waals surface area contributed by atoms with Crippen LogP contribution in [0.2, 0.25) is 0 Å². The maximum atomic E-state index is 13.1. The highest BCUT2D eigenvalue weighted by atomic mass is 16.5. The van der Waals surface area contributed by atoms with Gasteiger partial charge in [0.05, 0.1) is 18.7 Å². The zero-order chi connectivity index (χ0) is 24.8. The monoisotopic (exact) mass is 473 g/mol. The van der Waals surface area contributed by atoms with Crippen LogP contribution in [0.25, 0.3) is 5.76 Å². The van der Waals surface area contributed by atoms with E-state index in [4.69, 9.17) is 14.2 Å². The van der Waals surface area contributed by atoms with Crippen molar-refractivity contribution in [2.45, 2.75) is 12.5 Å². The molecule has 1 fully saturated rings. The topological polar surface area (TPSA) is 85.3 Å². The number of benzene rings is 3. The summed E-state index contributed by atoms with van der Waals surface area (Å²) in [6.07, 6.45) is 0.544. The smallest absolute Gasteiger partial charge is 0.295 e. The molecule has 7 nitrogen and oxygen atoms in total. The van der Waals surface area contributed by atoms with Crippen molar-refractivity contribution >= 4 is 17.4 Å². The number of rotatable bonds is 9. The summed E-state index contributed by atoms with van der Waals surface area (Å²) in [6.45, 7) is 0.734. The number of ketones is 1. The summed E-state index contributed by atoms with van der Waals surface area (Å²) >= 11 is 0. The Hall–Kier alpha value is -4.10. The lowest BCUT2D eigenvalue weighted by atomic mass is 9.95. The molecule has 0 radical (unpaired) electrons. The summed E-state index contributed by atoms with van der Waals surface area (Å²) in [4.78, 5) is 27.7. The van der Waals surface area contributed by atoms with Crippen LogP contribution in [-0.2, 0) is 14.3 Å². The predicted molar refractivity (Wildman–Crippen MR) is 131 cm³/mol. The van der Waals surface area contributed by atoms with Crippen molar-refractivity contribution in [3.63, 3.8) is 0 Å². The molecular formula is C28H27NO6. The van der Waals surface area contributed by atoms with Crippen molar-refractivity contribution in [2.75, 3.05) is 27.4 Å². The molecule has 1 saturated heterocycles. The molecule has 7 heteroatoms. The Morgan fingerprint density at radius 3 is 2.29 bits per heavy atom. The number of nitrogens with zero attached hydrogens (tertiary/aromatic N) is 1. The molecule has 0 aliphatic carbocycles. The van der Waals surface area contributed by atoms with Gasteiger partial charge in [-0.05, 0) is 60.5 Å². The SMILES string of the molecule is COCCCN1C(=O)C(=O)C(=C(O)c2ccc(OC)cc2)[C@@H]1c1cccc(Oc2ccccc2)c1. The van der Waals surface area contributed by atoms with Gasteiger partial charge in [0.15, 0.2) is 0 Å². The van der Waals surface area contributed by atoms with E-state index in [1.165, 1.54) is 4.90 Å². The Labute approximate surface area is 204 Å². The number of hydrogen-bond donors (Lipinski definition) is 1. The highest BCUT2D eigenvalue weighted by molar-refractivity contribution is 6.46. The third-order valence-corrected chi connectivity index (χ3v) is 5.80. The second-order valence-corrected chi connectivity index (χ2v) is 8.05. The molecule has 3 aromatic carbocycles. The normalized spacial score (nSPS) is 17.0. The van der Waals surface area contributed by atoms with E-state index in [1.807, 2.05) is 36.4 Å². The Balaban J connectivity index is 1.77. The number of methoxy groups -OCH3 is 2. The molecule has 1 heterocycles. The summed E-state index contributed by atoms with van der Waals surface area (Å²) in [6, 6.07) is 22.4. The molecule has 1 aliphatic rings. The van der Waals surface area contributed by atoms with E-state index in [9.17, 15) is 14.7 Å². The molecule has 0 aromatic heterocycles. The molecule has 4 rings (SSSR count). The van der Waals surface area contributed by atoms with Crippen molar-refractivity contribution < 1.29 is 28.9 Å². The lowest BCUT2D eigenvalue weighted by Gasteiger charge is -2.25. The molecule has 1 N–H and O–H groups in total. The Bertz CT molecular complexity index is 1220. The molecule has 1 amide bonds. The molecule has 0 spiro atoms. The molecule has 35 heavy (non-hydrogen) atoms.